The van der Waals surface area contributed by atoms with Gasteiger partial charge in [0.15, 0.2) is 11.5 Å². The number of carbonyl (C=O) groups excluding carboxylic acids is 1. The molecule has 0 aromatic heterocycles. The third kappa shape index (κ3) is 5.49. The van der Waals surface area contributed by atoms with Crippen LogP contribution in [0.3, 0.4) is 0 Å². The number of nitrogens with one attached hydrogen (secondary N) is 2. The van der Waals surface area contributed by atoms with E-state index < -0.39 is 0 Å². The molecule has 1 saturated heterocycles. The first-order valence-corrected chi connectivity index (χ1v) is 10.7. The van der Waals surface area contributed by atoms with Gasteiger partial charge >= 0.3 is 6.03 Å². The minimum Gasteiger partial charge on any atom is -0.497 e. The summed E-state index contributed by atoms with van der Waals surface area (Å²) >= 11 is 0. The Morgan fingerprint density at radius 3 is 2.41 bits per heavy atom. The Bertz CT molecular complexity index is 895. The van der Waals surface area contributed by atoms with Gasteiger partial charge in [0.2, 0.25) is 5.75 Å². The van der Waals surface area contributed by atoms with Gasteiger partial charge in [-0.3, -0.25) is 0 Å². The molecule has 0 aliphatic carbocycles. The minimum atomic E-state index is -0.236. The molecule has 1 fully saturated rings. The highest BCUT2D eigenvalue weighted by atomic mass is 16.5. The van der Waals surface area contributed by atoms with Crippen LogP contribution in [0.1, 0.15) is 24.9 Å². The first-order chi connectivity index (χ1) is 15.5. The summed E-state index contributed by atoms with van der Waals surface area (Å²) in [6.45, 7) is 4.40. The lowest BCUT2D eigenvalue weighted by Gasteiger charge is -2.21. The monoisotopic (exact) mass is 443 g/mol. The number of urea groups is 1. The average Bonchev–Trinajstić information content (AvgIpc) is 3.30. The van der Waals surface area contributed by atoms with Crippen molar-refractivity contribution < 1.29 is 23.7 Å². The second-order valence-corrected chi connectivity index (χ2v) is 7.84. The zero-order valence-corrected chi connectivity index (χ0v) is 19.4. The molecule has 2 N–H and O–H groups in total. The highest BCUT2D eigenvalue weighted by molar-refractivity contribution is 5.74. The molecule has 8 heteroatoms. The summed E-state index contributed by atoms with van der Waals surface area (Å²) < 4.78 is 21.5. The summed E-state index contributed by atoms with van der Waals surface area (Å²) in [5.41, 5.74) is 2.01. The summed E-state index contributed by atoms with van der Waals surface area (Å²) in [7, 11) is 6.38. The highest BCUT2D eigenvalue weighted by Gasteiger charge is 2.24. The molecule has 0 radical (unpaired) electrons. The summed E-state index contributed by atoms with van der Waals surface area (Å²) in [5.74, 6) is 2.88. The number of amides is 2. The summed E-state index contributed by atoms with van der Waals surface area (Å²) in [6.07, 6.45) is 1.03. The van der Waals surface area contributed by atoms with E-state index in [1.54, 1.807) is 28.4 Å². The van der Waals surface area contributed by atoms with Crippen molar-refractivity contribution >= 4 is 11.7 Å². The minimum absolute atomic E-state index is 0.203. The number of nitrogens with zero attached hydrogens (tertiary/aromatic N) is 1. The Labute approximate surface area is 189 Å². The van der Waals surface area contributed by atoms with Crippen LogP contribution < -0.4 is 34.5 Å². The van der Waals surface area contributed by atoms with Crippen LogP contribution in [0.25, 0.3) is 0 Å². The molecule has 3 rings (SSSR count). The Morgan fingerprint density at radius 1 is 1.06 bits per heavy atom. The first kappa shape index (κ1) is 23.4. The smallest absolute Gasteiger partial charge is 0.315 e. The van der Waals surface area contributed by atoms with Crippen molar-refractivity contribution in [2.45, 2.75) is 19.4 Å². The van der Waals surface area contributed by atoms with Gasteiger partial charge in [-0.25, -0.2) is 4.79 Å². The van der Waals surface area contributed by atoms with Crippen molar-refractivity contribution in [3.05, 3.63) is 42.0 Å². The molecule has 1 aliphatic rings. The summed E-state index contributed by atoms with van der Waals surface area (Å²) in [6, 6.07) is 11.3. The van der Waals surface area contributed by atoms with Gasteiger partial charge in [-0.1, -0.05) is 6.07 Å². The van der Waals surface area contributed by atoms with E-state index >= 15 is 0 Å². The van der Waals surface area contributed by atoms with Crippen LogP contribution in [-0.2, 0) is 0 Å². The van der Waals surface area contributed by atoms with E-state index in [1.165, 1.54) is 0 Å². The Kier molecular flexibility index (Phi) is 7.92. The van der Waals surface area contributed by atoms with Crippen molar-refractivity contribution in [1.82, 2.24) is 10.6 Å². The van der Waals surface area contributed by atoms with Gasteiger partial charge in [-0.2, -0.15) is 0 Å². The van der Waals surface area contributed by atoms with Crippen LogP contribution >= 0.6 is 0 Å². The quantitative estimate of drug-likeness (QED) is 0.616. The number of ether oxygens (including phenoxy) is 4. The van der Waals surface area contributed by atoms with Crippen molar-refractivity contribution in [1.29, 1.82) is 0 Å². The van der Waals surface area contributed by atoms with E-state index in [0.29, 0.717) is 29.7 Å². The predicted molar refractivity (Wildman–Crippen MR) is 124 cm³/mol. The molecule has 0 spiro atoms. The molecule has 1 heterocycles. The van der Waals surface area contributed by atoms with E-state index in [2.05, 4.69) is 21.6 Å². The van der Waals surface area contributed by atoms with E-state index in [0.717, 1.165) is 36.5 Å². The maximum atomic E-state index is 12.5. The molecule has 8 nitrogen and oxygen atoms in total. The molecule has 0 bridgehead atoms. The molecule has 2 atom stereocenters. The van der Waals surface area contributed by atoms with Gasteiger partial charge in [0.05, 0.1) is 34.5 Å². The lowest BCUT2D eigenvalue weighted by Crippen LogP contribution is -2.40. The van der Waals surface area contributed by atoms with Gasteiger partial charge in [-0.05, 0) is 49.1 Å². The second kappa shape index (κ2) is 10.8. The summed E-state index contributed by atoms with van der Waals surface area (Å²) in [4.78, 5) is 14.8. The molecule has 32 heavy (non-hydrogen) atoms. The van der Waals surface area contributed by atoms with Crippen LogP contribution in [0.2, 0.25) is 0 Å². The molecule has 2 unspecified atom stereocenters. The fraction of sp³-hybridized carbons (Fsp3) is 0.458. The maximum absolute atomic E-state index is 12.5. The number of benzene rings is 2. The van der Waals surface area contributed by atoms with Crippen molar-refractivity contribution in [2.24, 2.45) is 5.92 Å². The molecule has 2 aromatic rings. The normalized spacial score (nSPS) is 16.3. The van der Waals surface area contributed by atoms with Crippen molar-refractivity contribution in [2.75, 3.05) is 53.0 Å². The number of rotatable bonds is 9. The first-order valence-electron chi connectivity index (χ1n) is 10.7. The van der Waals surface area contributed by atoms with E-state index in [-0.39, 0.29) is 12.1 Å². The lowest BCUT2D eigenvalue weighted by molar-refractivity contribution is 0.236. The molecular weight excluding hydrogens is 410 g/mol. The highest BCUT2D eigenvalue weighted by Crippen LogP contribution is 2.39. The average molecular weight is 444 g/mol. The zero-order valence-electron chi connectivity index (χ0n) is 19.4. The predicted octanol–water partition coefficient (Wildman–Crippen LogP) is 3.61. The van der Waals surface area contributed by atoms with Crippen LogP contribution in [0.15, 0.2) is 36.4 Å². The van der Waals surface area contributed by atoms with Crippen LogP contribution in [0, 0.1) is 5.92 Å². The van der Waals surface area contributed by atoms with Gasteiger partial charge in [0, 0.05) is 31.4 Å². The van der Waals surface area contributed by atoms with Gasteiger partial charge in [-0.15, -0.1) is 0 Å². The number of anilines is 1. The third-order valence-electron chi connectivity index (χ3n) is 5.79. The fourth-order valence-electron chi connectivity index (χ4n) is 3.96. The largest absolute Gasteiger partial charge is 0.497 e. The second-order valence-electron chi connectivity index (χ2n) is 7.84. The summed E-state index contributed by atoms with van der Waals surface area (Å²) in [5, 5.41) is 6.00. The number of hydrogen-bond donors (Lipinski definition) is 2. The van der Waals surface area contributed by atoms with E-state index in [1.807, 2.05) is 37.3 Å². The molecule has 0 saturated carbocycles. The Morgan fingerprint density at radius 2 is 1.78 bits per heavy atom. The van der Waals surface area contributed by atoms with Crippen LogP contribution in [-0.4, -0.2) is 54.1 Å². The topological polar surface area (TPSA) is 81.3 Å². The van der Waals surface area contributed by atoms with E-state index in [9.17, 15) is 4.79 Å². The van der Waals surface area contributed by atoms with Crippen molar-refractivity contribution in [3.63, 3.8) is 0 Å². The molecule has 2 amide bonds. The van der Waals surface area contributed by atoms with Gasteiger partial charge in [0.25, 0.3) is 0 Å². The SMILES string of the molecule is COc1cccc(N2CCC(CNC(=O)NC(C)c3cc(OC)c(OC)c(OC)c3)C2)c1. The molecule has 1 aliphatic heterocycles. The number of hydrogen-bond acceptors (Lipinski definition) is 6. The standard InChI is InChI=1S/C24H33N3O5/c1-16(18-11-21(30-3)23(32-5)22(12-18)31-4)26-24(28)25-14-17-9-10-27(15-17)19-7-6-8-20(13-19)29-2/h6-8,11-13,16-17H,9-10,14-15H2,1-5H3,(H2,25,26,28). The fourth-order valence-corrected chi connectivity index (χ4v) is 3.96. The zero-order chi connectivity index (χ0) is 23.1. The Hall–Kier alpha value is -3.29. The molecule has 174 valence electrons. The Balaban J connectivity index is 1.53. The van der Waals surface area contributed by atoms with E-state index in [4.69, 9.17) is 18.9 Å². The lowest BCUT2D eigenvalue weighted by atomic mass is 10.1. The van der Waals surface area contributed by atoms with Crippen LogP contribution in [0.4, 0.5) is 10.5 Å². The molecule has 2 aromatic carbocycles. The van der Waals surface area contributed by atoms with Crippen LogP contribution in [0.5, 0.6) is 23.0 Å². The van der Waals surface area contributed by atoms with Crippen molar-refractivity contribution in [3.8, 4) is 23.0 Å². The third-order valence-corrected chi connectivity index (χ3v) is 5.79. The maximum Gasteiger partial charge on any atom is 0.315 e. The van der Waals surface area contributed by atoms with Gasteiger partial charge < -0.3 is 34.5 Å². The number of methoxy groups -OCH3 is 4. The number of carbonyl (C=O) groups is 1. The van der Waals surface area contributed by atoms with Gasteiger partial charge in [0.1, 0.15) is 5.75 Å². The molecular formula is C24H33N3O5.